The van der Waals surface area contributed by atoms with Crippen LogP contribution >= 0.6 is 0 Å². The number of benzene rings is 2. The van der Waals surface area contributed by atoms with Gasteiger partial charge in [-0.15, -0.1) is 0 Å². The number of hydrogen-bond acceptors (Lipinski definition) is 4. The van der Waals surface area contributed by atoms with Crippen molar-refractivity contribution < 1.29 is 14.4 Å². The maximum absolute atomic E-state index is 13.6. The highest BCUT2D eigenvalue weighted by atomic mass is 16.2. The molecular formula is C27H32N4O3. The molecule has 2 saturated heterocycles. The van der Waals surface area contributed by atoms with Crippen molar-refractivity contribution in [2.75, 3.05) is 36.0 Å². The summed E-state index contributed by atoms with van der Waals surface area (Å²) >= 11 is 0. The molecule has 178 valence electrons. The number of anilines is 2. The fourth-order valence-corrected chi connectivity index (χ4v) is 5.41. The summed E-state index contributed by atoms with van der Waals surface area (Å²) in [6.07, 6.45) is 4.86. The lowest BCUT2D eigenvalue weighted by atomic mass is 9.95. The molecule has 7 heteroatoms. The first kappa shape index (κ1) is 22.4. The molecule has 0 aromatic heterocycles. The van der Waals surface area contributed by atoms with E-state index in [1.54, 1.807) is 4.90 Å². The van der Waals surface area contributed by atoms with E-state index >= 15 is 0 Å². The van der Waals surface area contributed by atoms with E-state index < -0.39 is 0 Å². The highest BCUT2D eigenvalue weighted by Gasteiger charge is 2.40. The molecule has 34 heavy (non-hydrogen) atoms. The van der Waals surface area contributed by atoms with Crippen LogP contribution in [0.4, 0.5) is 11.4 Å². The van der Waals surface area contributed by atoms with E-state index in [1.807, 2.05) is 60.4 Å². The van der Waals surface area contributed by atoms with Gasteiger partial charge in [0.05, 0.1) is 17.4 Å². The number of rotatable bonds is 5. The number of hydrogen-bond donors (Lipinski definition) is 1. The minimum atomic E-state index is -0.249. The molecule has 2 atom stereocenters. The van der Waals surface area contributed by atoms with Gasteiger partial charge < -0.3 is 15.1 Å². The number of amides is 3. The Kier molecular flexibility index (Phi) is 6.26. The second kappa shape index (κ2) is 9.49. The zero-order chi connectivity index (χ0) is 23.7. The van der Waals surface area contributed by atoms with E-state index in [9.17, 15) is 14.4 Å². The lowest BCUT2D eigenvalue weighted by Gasteiger charge is -2.45. The van der Waals surface area contributed by atoms with E-state index in [-0.39, 0.29) is 36.3 Å². The molecule has 0 radical (unpaired) electrons. The predicted molar refractivity (Wildman–Crippen MR) is 132 cm³/mol. The number of nitrogens with zero attached hydrogens (tertiary/aromatic N) is 3. The third-order valence-electron chi connectivity index (χ3n) is 7.25. The van der Waals surface area contributed by atoms with Crippen molar-refractivity contribution in [1.29, 1.82) is 0 Å². The lowest BCUT2D eigenvalue weighted by Crippen LogP contribution is -2.57. The predicted octanol–water partition coefficient (Wildman–Crippen LogP) is 3.51. The van der Waals surface area contributed by atoms with Crippen molar-refractivity contribution in [3.05, 3.63) is 59.7 Å². The number of likely N-dealkylation sites (tertiary alicyclic amines) is 1. The Morgan fingerprint density at radius 2 is 1.71 bits per heavy atom. The standard InChI is InChI=1S/C27H32N4O3/c1-19(20-9-3-2-4-10-20)28-25(32)18-31-24-17-21(26(33)29-14-7-8-15-29)12-13-22(24)30-16-6-5-11-23(30)27(31)34/h2-4,9-10,12-13,17,19,23H,5-8,11,14-16,18H2,1H3,(H,28,32)/t19-,23-/m1/s1. The molecule has 0 unspecified atom stereocenters. The smallest absolute Gasteiger partial charge is 0.253 e. The number of nitrogens with one attached hydrogen (secondary N) is 1. The molecule has 0 spiro atoms. The highest BCUT2D eigenvalue weighted by molar-refractivity contribution is 6.10. The molecule has 3 amide bonds. The molecule has 2 aromatic rings. The summed E-state index contributed by atoms with van der Waals surface area (Å²) in [4.78, 5) is 45.3. The zero-order valence-corrected chi connectivity index (χ0v) is 19.7. The molecule has 2 fully saturated rings. The van der Waals surface area contributed by atoms with Crippen LogP contribution in [0.25, 0.3) is 0 Å². The minimum Gasteiger partial charge on any atom is -0.358 e. The van der Waals surface area contributed by atoms with E-state index in [2.05, 4.69) is 10.2 Å². The summed E-state index contributed by atoms with van der Waals surface area (Å²) in [7, 11) is 0. The second-order valence-electron chi connectivity index (χ2n) is 9.53. The Balaban J connectivity index is 1.42. The molecule has 2 aromatic carbocycles. The van der Waals surface area contributed by atoms with E-state index in [0.29, 0.717) is 11.3 Å². The Bertz CT molecular complexity index is 1080. The monoisotopic (exact) mass is 460 g/mol. The average Bonchev–Trinajstić information content (AvgIpc) is 3.41. The largest absolute Gasteiger partial charge is 0.358 e. The number of fused-ring (bicyclic) bond motifs is 3. The zero-order valence-electron chi connectivity index (χ0n) is 19.7. The van der Waals surface area contributed by atoms with Gasteiger partial charge in [-0.25, -0.2) is 0 Å². The van der Waals surface area contributed by atoms with Crippen molar-refractivity contribution >= 4 is 29.1 Å². The Labute approximate surface area is 200 Å². The molecule has 0 bridgehead atoms. The van der Waals surface area contributed by atoms with Crippen molar-refractivity contribution in [3.63, 3.8) is 0 Å². The number of carbonyl (C=O) groups excluding carboxylic acids is 3. The summed E-state index contributed by atoms with van der Waals surface area (Å²) in [5, 5.41) is 3.03. The average molecular weight is 461 g/mol. The maximum atomic E-state index is 13.6. The Morgan fingerprint density at radius 3 is 2.47 bits per heavy atom. The SMILES string of the molecule is C[C@@H](NC(=O)CN1C(=O)[C@H]2CCCCN2c2ccc(C(=O)N3CCCC3)cc21)c1ccccc1. The fourth-order valence-electron chi connectivity index (χ4n) is 5.41. The lowest BCUT2D eigenvalue weighted by molar-refractivity contribution is -0.125. The van der Waals surface area contributed by atoms with Crippen molar-refractivity contribution in [1.82, 2.24) is 10.2 Å². The van der Waals surface area contributed by atoms with E-state index in [4.69, 9.17) is 0 Å². The Hall–Kier alpha value is -3.35. The Morgan fingerprint density at radius 1 is 0.971 bits per heavy atom. The molecule has 7 nitrogen and oxygen atoms in total. The van der Waals surface area contributed by atoms with Gasteiger partial charge in [0.1, 0.15) is 12.6 Å². The number of piperidine rings is 1. The third-order valence-corrected chi connectivity index (χ3v) is 7.25. The summed E-state index contributed by atoms with van der Waals surface area (Å²) < 4.78 is 0. The molecule has 3 aliphatic rings. The van der Waals surface area contributed by atoms with Gasteiger partial charge in [-0.3, -0.25) is 19.3 Å². The molecule has 5 rings (SSSR count). The molecule has 1 N–H and O–H groups in total. The van der Waals surface area contributed by atoms with Crippen LogP contribution in [0.15, 0.2) is 48.5 Å². The first-order valence-electron chi connectivity index (χ1n) is 12.4. The van der Waals surface area contributed by atoms with Gasteiger partial charge in [0.15, 0.2) is 0 Å². The first-order chi connectivity index (χ1) is 16.5. The highest BCUT2D eigenvalue weighted by Crippen LogP contribution is 2.40. The van der Waals surface area contributed by atoms with Crippen molar-refractivity contribution in [2.24, 2.45) is 0 Å². The van der Waals surface area contributed by atoms with Gasteiger partial charge >= 0.3 is 0 Å². The van der Waals surface area contributed by atoms with Crippen LogP contribution in [0.5, 0.6) is 0 Å². The molecular weight excluding hydrogens is 428 g/mol. The van der Waals surface area contributed by atoms with Crippen LogP contribution in [-0.4, -0.2) is 54.8 Å². The summed E-state index contributed by atoms with van der Waals surface area (Å²) in [6, 6.07) is 15.0. The second-order valence-corrected chi connectivity index (χ2v) is 9.53. The van der Waals surface area contributed by atoms with Gasteiger partial charge in [-0.1, -0.05) is 30.3 Å². The third kappa shape index (κ3) is 4.27. The number of carbonyl (C=O) groups is 3. The molecule has 3 aliphatic heterocycles. The van der Waals surface area contributed by atoms with Gasteiger partial charge in [0.25, 0.3) is 5.91 Å². The summed E-state index contributed by atoms with van der Waals surface area (Å²) in [5.41, 5.74) is 3.19. The fraction of sp³-hybridized carbons (Fsp3) is 0.444. The first-order valence-corrected chi connectivity index (χ1v) is 12.4. The van der Waals surface area contributed by atoms with Crippen molar-refractivity contribution in [2.45, 2.75) is 51.1 Å². The minimum absolute atomic E-state index is 0.00406. The van der Waals surface area contributed by atoms with Gasteiger partial charge in [0, 0.05) is 25.2 Å². The van der Waals surface area contributed by atoms with Crippen LogP contribution in [0.2, 0.25) is 0 Å². The normalized spacial score (nSPS) is 20.6. The van der Waals surface area contributed by atoms with Crippen LogP contribution in [0.3, 0.4) is 0 Å². The quantitative estimate of drug-likeness (QED) is 0.741. The summed E-state index contributed by atoms with van der Waals surface area (Å²) in [6.45, 7) is 4.23. The maximum Gasteiger partial charge on any atom is 0.253 e. The van der Waals surface area contributed by atoms with E-state index in [1.165, 1.54) is 0 Å². The van der Waals surface area contributed by atoms with Gasteiger partial charge in [-0.2, -0.15) is 0 Å². The van der Waals surface area contributed by atoms with Crippen LogP contribution in [0, 0.1) is 0 Å². The van der Waals surface area contributed by atoms with Crippen molar-refractivity contribution in [3.8, 4) is 0 Å². The summed E-state index contributed by atoms with van der Waals surface area (Å²) in [5.74, 6) is -0.271. The molecule has 3 heterocycles. The van der Waals surface area contributed by atoms with Crippen LogP contribution in [0.1, 0.15) is 61.0 Å². The van der Waals surface area contributed by atoms with Crippen LogP contribution in [-0.2, 0) is 9.59 Å². The molecule has 0 aliphatic carbocycles. The van der Waals surface area contributed by atoms with Crippen LogP contribution < -0.4 is 15.1 Å². The van der Waals surface area contributed by atoms with Gasteiger partial charge in [0.2, 0.25) is 11.8 Å². The van der Waals surface area contributed by atoms with Gasteiger partial charge in [-0.05, 0) is 62.8 Å². The van der Waals surface area contributed by atoms with E-state index in [0.717, 1.165) is 63.0 Å². The topological polar surface area (TPSA) is 73.0 Å². The molecule has 0 saturated carbocycles.